The fourth-order valence-corrected chi connectivity index (χ4v) is 5.45. The maximum atomic E-state index is 15.1. The minimum absolute atomic E-state index is 0.190. The van der Waals surface area contributed by atoms with E-state index in [0.29, 0.717) is 29.9 Å². The van der Waals surface area contributed by atoms with Gasteiger partial charge in [0.25, 0.3) is 5.91 Å². The number of halogens is 1. The van der Waals surface area contributed by atoms with Crippen LogP contribution in [0.4, 0.5) is 10.1 Å². The van der Waals surface area contributed by atoms with E-state index in [1.54, 1.807) is 6.07 Å². The van der Waals surface area contributed by atoms with Crippen molar-refractivity contribution in [3.05, 3.63) is 64.9 Å². The number of aromatic nitrogens is 2. The van der Waals surface area contributed by atoms with Crippen molar-refractivity contribution in [2.75, 3.05) is 31.1 Å². The molecule has 3 aliphatic heterocycles. The lowest BCUT2D eigenvalue weighted by atomic mass is 10.0. The topological polar surface area (TPSA) is 90.3 Å². The lowest BCUT2D eigenvalue weighted by Gasteiger charge is -2.36. The number of amides is 3. The van der Waals surface area contributed by atoms with Crippen molar-refractivity contribution in [2.45, 2.75) is 38.9 Å². The molecule has 186 valence electrons. The number of nitrogens with one attached hydrogen (secondary N) is 1. The largest absolute Gasteiger partial charge is 0.367 e. The number of rotatable bonds is 4. The number of carbonyl (C=O) groups is 3. The third-order valence-corrected chi connectivity index (χ3v) is 7.43. The van der Waals surface area contributed by atoms with Gasteiger partial charge in [-0.25, -0.2) is 9.37 Å². The average Bonchev–Trinajstić information content (AvgIpc) is 3.39. The molecule has 0 saturated carbocycles. The van der Waals surface area contributed by atoms with Gasteiger partial charge in [0, 0.05) is 57.4 Å². The zero-order valence-corrected chi connectivity index (χ0v) is 20.0. The Labute approximate surface area is 207 Å². The molecule has 9 nitrogen and oxygen atoms in total. The Bertz CT molecular complexity index is 1390. The fourth-order valence-electron chi connectivity index (χ4n) is 5.45. The lowest BCUT2D eigenvalue weighted by molar-refractivity contribution is -0.136. The van der Waals surface area contributed by atoms with Crippen LogP contribution >= 0.6 is 0 Å². The first-order valence-corrected chi connectivity index (χ1v) is 12.2. The number of fused-ring (bicyclic) bond motifs is 2. The minimum atomic E-state index is -0.707. The van der Waals surface area contributed by atoms with Crippen LogP contribution in [-0.4, -0.2) is 69.1 Å². The van der Waals surface area contributed by atoms with Crippen LogP contribution in [0.15, 0.2) is 36.7 Å². The highest BCUT2D eigenvalue weighted by Crippen LogP contribution is 2.33. The molecule has 2 saturated heterocycles. The van der Waals surface area contributed by atoms with Crippen molar-refractivity contribution in [3.8, 4) is 0 Å². The molecule has 5 heterocycles. The molecule has 10 heteroatoms. The van der Waals surface area contributed by atoms with Gasteiger partial charge in [0.15, 0.2) is 0 Å². The Kier molecular flexibility index (Phi) is 5.48. The van der Waals surface area contributed by atoms with Gasteiger partial charge in [0.05, 0.1) is 17.6 Å². The quantitative estimate of drug-likeness (QED) is 0.562. The van der Waals surface area contributed by atoms with Gasteiger partial charge in [-0.2, -0.15) is 0 Å². The summed E-state index contributed by atoms with van der Waals surface area (Å²) >= 11 is 0. The van der Waals surface area contributed by atoms with Crippen molar-refractivity contribution in [1.82, 2.24) is 24.5 Å². The first-order chi connectivity index (χ1) is 17.4. The van der Waals surface area contributed by atoms with Gasteiger partial charge in [0.1, 0.15) is 17.5 Å². The zero-order valence-electron chi connectivity index (χ0n) is 20.0. The number of hydrogen-bond donors (Lipinski definition) is 1. The Morgan fingerprint density at radius 1 is 1.11 bits per heavy atom. The van der Waals surface area contributed by atoms with E-state index in [0.717, 1.165) is 31.0 Å². The van der Waals surface area contributed by atoms with E-state index in [-0.39, 0.29) is 31.2 Å². The summed E-state index contributed by atoms with van der Waals surface area (Å²) in [5.41, 5.74) is 4.72. The van der Waals surface area contributed by atoms with E-state index in [9.17, 15) is 14.4 Å². The molecule has 1 unspecified atom stereocenters. The summed E-state index contributed by atoms with van der Waals surface area (Å²) in [6.45, 7) is 5.93. The van der Waals surface area contributed by atoms with Gasteiger partial charge in [-0.15, -0.1) is 0 Å². The molecular formula is C26H27FN6O3. The van der Waals surface area contributed by atoms with Crippen molar-refractivity contribution >= 4 is 29.1 Å². The monoisotopic (exact) mass is 490 g/mol. The van der Waals surface area contributed by atoms with Crippen molar-refractivity contribution in [3.63, 3.8) is 0 Å². The number of piperazine rings is 1. The summed E-state index contributed by atoms with van der Waals surface area (Å²) in [5.74, 6) is -1.59. The predicted molar refractivity (Wildman–Crippen MR) is 130 cm³/mol. The normalized spacial score (nSPS) is 20.8. The van der Waals surface area contributed by atoms with Crippen LogP contribution in [0.2, 0.25) is 0 Å². The van der Waals surface area contributed by atoms with Crippen LogP contribution in [0.3, 0.4) is 0 Å². The molecule has 3 aliphatic rings. The second kappa shape index (κ2) is 8.70. The second-order valence-corrected chi connectivity index (χ2v) is 9.81. The number of carbonyl (C=O) groups excluding carboxylic acids is 3. The first kappa shape index (κ1) is 22.7. The molecular weight excluding hydrogens is 463 g/mol. The third-order valence-electron chi connectivity index (χ3n) is 7.43. The van der Waals surface area contributed by atoms with Gasteiger partial charge in [-0.05, 0) is 48.7 Å². The number of hydrogen-bond acceptors (Lipinski definition) is 6. The minimum Gasteiger partial charge on any atom is -0.367 e. The average molecular weight is 491 g/mol. The van der Waals surface area contributed by atoms with E-state index in [1.807, 2.05) is 24.2 Å². The van der Waals surface area contributed by atoms with Gasteiger partial charge in [0.2, 0.25) is 11.8 Å². The number of benzene rings is 1. The molecule has 0 spiro atoms. The van der Waals surface area contributed by atoms with Crippen LogP contribution in [-0.2, 0) is 22.7 Å². The van der Waals surface area contributed by atoms with Gasteiger partial charge < -0.3 is 14.2 Å². The molecule has 36 heavy (non-hydrogen) atoms. The Morgan fingerprint density at radius 3 is 2.69 bits per heavy atom. The number of pyridine rings is 1. The summed E-state index contributed by atoms with van der Waals surface area (Å²) < 4.78 is 17.2. The number of aryl methyl sites for hydroxylation is 1. The summed E-state index contributed by atoms with van der Waals surface area (Å²) in [6.07, 6.45) is 4.43. The van der Waals surface area contributed by atoms with Crippen molar-refractivity contribution in [1.29, 1.82) is 0 Å². The van der Waals surface area contributed by atoms with Crippen LogP contribution in [0.5, 0.6) is 0 Å². The maximum absolute atomic E-state index is 15.1. The lowest BCUT2D eigenvalue weighted by Crippen LogP contribution is -2.52. The summed E-state index contributed by atoms with van der Waals surface area (Å²) in [5, 5.41) is 2.30. The van der Waals surface area contributed by atoms with Gasteiger partial charge >= 0.3 is 0 Å². The number of nitrogens with zero attached hydrogens (tertiary/aromatic N) is 5. The molecule has 3 aromatic rings. The molecule has 1 atom stereocenters. The predicted octanol–water partition coefficient (Wildman–Crippen LogP) is 1.87. The molecule has 2 aromatic heterocycles. The molecule has 1 N–H and O–H groups in total. The zero-order chi connectivity index (χ0) is 25.0. The third kappa shape index (κ3) is 3.91. The fraction of sp³-hybridized carbons (Fsp3) is 0.385. The summed E-state index contributed by atoms with van der Waals surface area (Å²) in [6, 6.07) is 6.46. The molecule has 0 aliphatic carbocycles. The Hall–Kier alpha value is -3.79. The second-order valence-electron chi connectivity index (χ2n) is 9.81. The molecule has 0 radical (unpaired) electrons. The first-order valence-electron chi connectivity index (χ1n) is 12.2. The van der Waals surface area contributed by atoms with Crippen LogP contribution in [0.1, 0.15) is 40.0 Å². The number of anilines is 1. The van der Waals surface area contributed by atoms with E-state index >= 15 is 4.39 Å². The number of piperidine rings is 1. The van der Waals surface area contributed by atoms with E-state index in [2.05, 4.69) is 31.7 Å². The standard InChI is InChI=1S/C26H27FN6O3/c1-16-4-5-32-18(13-28-23(32)10-16)15-30-6-8-31(9-7-30)22-11-17-14-33(26(36)19(17)12-20(22)27)21-2-3-24(34)29-25(21)35/h4-5,10-13,21H,2-3,6-9,14-15H2,1H3,(H,29,34,35). The van der Waals surface area contributed by atoms with Gasteiger partial charge in [-0.1, -0.05) is 0 Å². The van der Waals surface area contributed by atoms with Crippen LogP contribution in [0.25, 0.3) is 5.65 Å². The van der Waals surface area contributed by atoms with Crippen LogP contribution < -0.4 is 10.2 Å². The molecule has 6 rings (SSSR count). The Morgan fingerprint density at radius 2 is 1.92 bits per heavy atom. The number of imidazole rings is 1. The summed E-state index contributed by atoms with van der Waals surface area (Å²) in [7, 11) is 0. The van der Waals surface area contributed by atoms with E-state index in [4.69, 9.17) is 0 Å². The highest BCUT2D eigenvalue weighted by molar-refractivity contribution is 6.05. The highest BCUT2D eigenvalue weighted by Gasteiger charge is 2.40. The molecule has 3 amide bonds. The van der Waals surface area contributed by atoms with E-state index in [1.165, 1.54) is 16.5 Å². The van der Waals surface area contributed by atoms with Crippen molar-refractivity contribution < 1.29 is 18.8 Å². The van der Waals surface area contributed by atoms with Crippen molar-refractivity contribution in [2.24, 2.45) is 0 Å². The number of imide groups is 1. The summed E-state index contributed by atoms with van der Waals surface area (Å²) in [4.78, 5) is 47.0. The Balaban J connectivity index is 1.14. The highest BCUT2D eigenvalue weighted by atomic mass is 19.1. The maximum Gasteiger partial charge on any atom is 0.255 e. The molecule has 0 bridgehead atoms. The van der Waals surface area contributed by atoms with Gasteiger partial charge in [-0.3, -0.25) is 24.6 Å². The van der Waals surface area contributed by atoms with E-state index < -0.39 is 17.8 Å². The van der Waals surface area contributed by atoms with Crippen LogP contribution in [0, 0.1) is 12.7 Å². The molecule has 1 aromatic carbocycles. The SMILES string of the molecule is Cc1ccn2c(CN3CCN(c4cc5c(cc4F)C(=O)N(C4CCC(=O)NC4=O)C5)CC3)cnc2c1. The smallest absolute Gasteiger partial charge is 0.255 e. The molecule has 2 fully saturated rings.